The Kier molecular flexibility index (Phi) is 3.79. The Labute approximate surface area is 125 Å². The van der Waals surface area contributed by atoms with Gasteiger partial charge in [-0.2, -0.15) is 5.10 Å². The minimum atomic E-state index is -0.177. The summed E-state index contributed by atoms with van der Waals surface area (Å²) in [5.41, 5.74) is 5.50. The smallest absolute Gasteiger partial charge is 0.260 e. The number of imidazole rings is 1. The molecule has 2 heterocycles. The first-order valence-electron chi connectivity index (χ1n) is 6.50. The van der Waals surface area contributed by atoms with Crippen molar-refractivity contribution < 1.29 is 4.79 Å². The highest BCUT2D eigenvalue weighted by molar-refractivity contribution is 7.11. The van der Waals surface area contributed by atoms with Crippen molar-refractivity contribution in [2.75, 3.05) is 0 Å². The highest BCUT2D eigenvalue weighted by Crippen LogP contribution is 2.12. The molecule has 0 aliphatic heterocycles. The lowest BCUT2D eigenvalue weighted by molar-refractivity contribution is -0.121. The van der Waals surface area contributed by atoms with Crippen LogP contribution in [0.5, 0.6) is 0 Å². The summed E-state index contributed by atoms with van der Waals surface area (Å²) in [6, 6.07) is 9.73. The molecule has 3 rings (SSSR count). The molecular weight excluding hydrogens is 284 g/mol. The molecule has 0 bridgehead atoms. The van der Waals surface area contributed by atoms with Gasteiger partial charge in [0.1, 0.15) is 6.54 Å². The number of hydrogen-bond donors (Lipinski definition) is 1. The number of nitrogens with one attached hydrogen (secondary N) is 1. The molecule has 0 unspecified atom stereocenters. The second-order valence-corrected chi connectivity index (χ2v) is 5.57. The van der Waals surface area contributed by atoms with Crippen molar-refractivity contribution in [1.29, 1.82) is 0 Å². The number of benzene rings is 1. The molecule has 2 aromatic heterocycles. The quantitative estimate of drug-likeness (QED) is 0.594. The molecule has 3 aromatic rings. The lowest BCUT2D eigenvalue weighted by Crippen LogP contribution is -2.22. The van der Waals surface area contributed by atoms with Crippen LogP contribution in [0.2, 0.25) is 0 Å². The maximum atomic E-state index is 11.9. The fourth-order valence-electron chi connectivity index (χ4n) is 2.01. The molecule has 1 amide bonds. The Bertz CT molecular complexity index is 803. The zero-order valence-corrected chi connectivity index (χ0v) is 12.3. The van der Waals surface area contributed by atoms with E-state index in [1.54, 1.807) is 28.4 Å². The number of carbonyl (C=O) groups excluding carboxylic acids is 1. The van der Waals surface area contributed by atoms with Crippen LogP contribution in [-0.2, 0) is 11.3 Å². The van der Waals surface area contributed by atoms with Gasteiger partial charge in [-0.15, -0.1) is 11.3 Å². The fourth-order valence-corrected chi connectivity index (χ4v) is 2.79. The van der Waals surface area contributed by atoms with Crippen molar-refractivity contribution in [3.8, 4) is 0 Å². The zero-order chi connectivity index (χ0) is 14.7. The van der Waals surface area contributed by atoms with Crippen LogP contribution in [0, 0.1) is 6.92 Å². The number of carbonyl (C=O) groups is 1. The van der Waals surface area contributed by atoms with Gasteiger partial charge in [-0.05, 0) is 36.1 Å². The molecule has 0 saturated heterocycles. The summed E-state index contributed by atoms with van der Waals surface area (Å²) in [4.78, 5) is 17.2. The molecule has 1 N–H and O–H groups in total. The van der Waals surface area contributed by atoms with Crippen LogP contribution in [0.3, 0.4) is 0 Å². The van der Waals surface area contributed by atoms with Gasteiger partial charge in [-0.3, -0.25) is 4.79 Å². The minimum absolute atomic E-state index is 0.177. The summed E-state index contributed by atoms with van der Waals surface area (Å²) in [5.74, 6) is -0.177. The molecule has 21 heavy (non-hydrogen) atoms. The Balaban J connectivity index is 1.64. The van der Waals surface area contributed by atoms with Gasteiger partial charge in [0.2, 0.25) is 0 Å². The third kappa shape index (κ3) is 3.00. The summed E-state index contributed by atoms with van der Waals surface area (Å²) < 4.78 is 1.80. The number of thiophene rings is 1. The molecule has 0 radical (unpaired) electrons. The minimum Gasteiger partial charge on any atom is -0.321 e. The second-order valence-electron chi connectivity index (χ2n) is 4.62. The topological polar surface area (TPSA) is 59.3 Å². The summed E-state index contributed by atoms with van der Waals surface area (Å²) in [7, 11) is 0. The van der Waals surface area contributed by atoms with Crippen LogP contribution in [0.1, 0.15) is 10.4 Å². The Morgan fingerprint density at radius 3 is 3.10 bits per heavy atom. The van der Waals surface area contributed by atoms with E-state index in [0.717, 1.165) is 21.5 Å². The average molecular weight is 298 g/mol. The maximum Gasteiger partial charge on any atom is 0.260 e. The predicted molar refractivity (Wildman–Crippen MR) is 84.5 cm³/mol. The number of hydrazone groups is 1. The van der Waals surface area contributed by atoms with Gasteiger partial charge in [0.15, 0.2) is 0 Å². The Morgan fingerprint density at radius 1 is 1.43 bits per heavy atom. The van der Waals surface area contributed by atoms with E-state index in [1.165, 1.54) is 0 Å². The van der Waals surface area contributed by atoms with Crippen molar-refractivity contribution in [3.63, 3.8) is 0 Å². The molecule has 0 atom stereocenters. The molecule has 1 aromatic carbocycles. The normalized spacial score (nSPS) is 11.3. The molecular formula is C15H14N4OS. The van der Waals surface area contributed by atoms with Crippen molar-refractivity contribution in [3.05, 3.63) is 52.5 Å². The van der Waals surface area contributed by atoms with Crippen molar-refractivity contribution in [1.82, 2.24) is 15.0 Å². The first kappa shape index (κ1) is 13.5. The Morgan fingerprint density at radius 2 is 2.29 bits per heavy atom. The average Bonchev–Trinajstić information content (AvgIpc) is 3.07. The van der Waals surface area contributed by atoms with Crippen LogP contribution < -0.4 is 5.43 Å². The first-order valence-corrected chi connectivity index (χ1v) is 7.38. The number of para-hydroxylation sites is 2. The van der Waals surface area contributed by atoms with Crippen LogP contribution in [0.25, 0.3) is 11.0 Å². The number of nitrogens with zero attached hydrogens (tertiary/aromatic N) is 3. The van der Waals surface area contributed by atoms with E-state index in [2.05, 4.69) is 15.5 Å². The van der Waals surface area contributed by atoms with Crippen molar-refractivity contribution >= 4 is 34.5 Å². The van der Waals surface area contributed by atoms with E-state index in [-0.39, 0.29) is 12.5 Å². The summed E-state index contributed by atoms with van der Waals surface area (Å²) in [5, 5.41) is 5.98. The van der Waals surface area contributed by atoms with Crippen molar-refractivity contribution in [2.24, 2.45) is 5.10 Å². The number of aryl methyl sites for hydroxylation is 1. The maximum absolute atomic E-state index is 11.9. The van der Waals surface area contributed by atoms with Gasteiger partial charge >= 0.3 is 0 Å². The molecule has 0 aliphatic rings. The van der Waals surface area contributed by atoms with Gasteiger partial charge < -0.3 is 4.57 Å². The van der Waals surface area contributed by atoms with Crippen LogP contribution in [0.4, 0.5) is 0 Å². The van der Waals surface area contributed by atoms with Gasteiger partial charge in [-0.25, -0.2) is 10.4 Å². The number of aromatic nitrogens is 2. The van der Waals surface area contributed by atoms with Gasteiger partial charge in [0.25, 0.3) is 5.91 Å². The molecule has 0 saturated carbocycles. The summed E-state index contributed by atoms with van der Waals surface area (Å²) >= 11 is 1.59. The number of amides is 1. The molecule has 106 valence electrons. The number of fused-ring (bicyclic) bond motifs is 1. The highest BCUT2D eigenvalue weighted by Gasteiger charge is 2.05. The third-order valence-corrected chi connectivity index (χ3v) is 4.07. The molecule has 6 heteroatoms. The Hall–Kier alpha value is -2.47. The number of rotatable bonds is 4. The molecule has 5 nitrogen and oxygen atoms in total. The number of hydrogen-bond acceptors (Lipinski definition) is 4. The van der Waals surface area contributed by atoms with Gasteiger partial charge in [0, 0.05) is 4.88 Å². The molecule has 0 spiro atoms. The molecule has 0 fully saturated rings. The van der Waals surface area contributed by atoms with Crippen LogP contribution >= 0.6 is 11.3 Å². The van der Waals surface area contributed by atoms with Crippen molar-refractivity contribution in [2.45, 2.75) is 13.5 Å². The van der Waals surface area contributed by atoms with E-state index < -0.39 is 0 Å². The summed E-state index contributed by atoms with van der Waals surface area (Å²) in [6.45, 7) is 2.21. The van der Waals surface area contributed by atoms with E-state index in [1.807, 2.05) is 42.6 Å². The predicted octanol–water partition coefficient (Wildman–Crippen LogP) is 2.56. The largest absolute Gasteiger partial charge is 0.321 e. The monoisotopic (exact) mass is 298 g/mol. The zero-order valence-electron chi connectivity index (χ0n) is 11.5. The van der Waals surface area contributed by atoms with Gasteiger partial charge in [-0.1, -0.05) is 12.1 Å². The second kappa shape index (κ2) is 5.88. The first-order chi connectivity index (χ1) is 10.2. The van der Waals surface area contributed by atoms with Crippen LogP contribution in [-0.4, -0.2) is 21.7 Å². The van der Waals surface area contributed by atoms with Crippen LogP contribution in [0.15, 0.2) is 47.1 Å². The van der Waals surface area contributed by atoms with E-state index in [4.69, 9.17) is 0 Å². The fraction of sp³-hybridized carbons (Fsp3) is 0.133. The summed E-state index contributed by atoms with van der Waals surface area (Å²) in [6.07, 6.45) is 3.33. The van der Waals surface area contributed by atoms with Gasteiger partial charge in [0.05, 0.1) is 23.6 Å². The van der Waals surface area contributed by atoms with E-state index in [0.29, 0.717) is 0 Å². The molecule has 0 aliphatic carbocycles. The highest BCUT2D eigenvalue weighted by atomic mass is 32.1. The lowest BCUT2D eigenvalue weighted by Gasteiger charge is -2.02. The standard InChI is InChI=1S/C15H14N4OS/c1-11-6-7-21-14(11)8-17-18-15(20)9-19-10-16-12-4-2-3-5-13(12)19/h2-8,10H,9H2,1H3,(H,18,20)/b17-8+. The lowest BCUT2D eigenvalue weighted by atomic mass is 10.3. The van der Waals surface area contributed by atoms with E-state index >= 15 is 0 Å². The third-order valence-electron chi connectivity index (χ3n) is 3.11. The van der Waals surface area contributed by atoms with E-state index in [9.17, 15) is 4.79 Å². The SMILES string of the molecule is Cc1ccsc1/C=N/NC(=O)Cn1cnc2ccccc21.